The molecule has 0 aliphatic carbocycles. The number of nitrogens with zero attached hydrogens (tertiary/aromatic N) is 3. The molecule has 6 nitrogen and oxygen atoms in total. The Morgan fingerprint density at radius 3 is 2.50 bits per heavy atom. The number of hydrogen-bond donors (Lipinski definition) is 1. The van der Waals surface area contributed by atoms with Gasteiger partial charge >= 0.3 is 0 Å². The van der Waals surface area contributed by atoms with Crippen molar-refractivity contribution in [3.63, 3.8) is 0 Å². The Bertz CT molecular complexity index is 480. The monoisotopic (exact) mass is 214 g/mol. The molecule has 0 fully saturated rings. The van der Waals surface area contributed by atoms with E-state index in [-0.39, 0.29) is 16.6 Å². The summed E-state index contributed by atoms with van der Waals surface area (Å²) >= 11 is 0. The lowest BCUT2D eigenvalue weighted by molar-refractivity contribution is 0.516. The average molecular weight is 214 g/mol. The van der Waals surface area contributed by atoms with Crippen molar-refractivity contribution < 1.29 is 8.42 Å². The Morgan fingerprint density at radius 1 is 1.64 bits per heavy atom. The minimum atomic E-state index is -3.91. The molecular weight excluding hydrogens is 204 g/mol. The van der Waals surface area contributed by atoms with Crippen LogP contribution in [0.15, 0.2) is 11.2 Å². The molecule has 1 aromatic rings. The molecule has 0 radical (unpaired) electrons. The van der Waals surface area contributed by atoms with Crippen LogP contribution in [0.2, 0.25) is 0 Å². The smallest absolute Gasteiger partial charge is 0.258 e. The second-order valence-corrected chi connectivity index (χ2v) is 4.56. The highest BCUT2D eigenvalue weighted by molar-refractivity contribution is 7.89. The van der Waals surface area contributed by atoms with Crippen LogP contribution in [0.3, 0.4) is 0 Å². The third-order valence-corrected chi connectivity index (χ3v) is 2.46. The van der Waals surface area contributed by atoms with Crippen LogP contribution >= 0.6 is 0 Å². The maximum Gasteiger partial charge on any atom is 0.258 e. The molecule has 0 saturated heterocycles. The molecule has 7 heteroatoms. The minimum Gasteiger partial charge on any atom is -0.268 e. The quantitative estimate of drug-likeness (QED) is 0.747. The fraction of sp³-hybridized carbons (Fsp3) is 0.429. The van der Waals surface area contributed by atoms with Crippen molar-refractivity contribution in [2.45, 2.75) is 24.9 Å². The third-order valence-electron chi connectivity index (χ3n) is 1.62. The van der Waals surface area contributed by atoms with Crippen molar-refractivity contribution in [2.24, 2.45) is 5.14 Å². The zero-order chi connectivity index (χ0) is 10.9. The molecule has 0 amide bonds. The lowest BCUT2D eigenvalue weighted by atomic mass is 10.4. The zero-order valence-electron chi connectivity index (χ0n) is 7.80. The van der Waals surface area contributed by atoms with E-state index in [1.807, 2.05) is 13.8 Å². The number of rotatable bonds is 2. The summed E-state index contributed by atoms with van der Waals surface area (Å²) in [6, 6.07) is 1.72. The van der Waals surface area contributed by atoms with E-state index in [0.717, 1.165) is 0 Å². The standard InChI is InChI=1S/C7H10N4O2S/c1-5(2)11-4-6(3-8)7(10-11)14(9,12)13/h4-5H,1-2H3,(H2,9,12,13). The molecular formula is C7H10N4O2S. The Labute approximate surface area is 82.0 Å². The van der Waals surface area contributed by atoms with Gasteiger partial charge in [0, 0.05) is 12.2 Å². The van der Waals surface area contributed by atoms with Gasteiger partial charge in [0.25, 0.3) is 10.0 Å². The molecule has 0 aliphatic heterocycles. The minimum absolute atomic E-state index is 0.0161. The van der Waals surface area contributed by atoms with Gasteiger partial charge in [-0.1, -0.05) is 0 Å². The molecule has 2 N–H and O–H groups in total. The summed E-state index contributed by atoms with van der Waals surface area (Å²) in [5.74, 6) is 0. The van der Waals surface area contributed by atoms with Crippen LogP contribution in [0.5, 0.6) is 0 Å². The van der Waals surface area contributed by atoms with E-state index >= 15 is 0 Å². The van der Waals surface area contributed by atoms with Gasteiger partial charge in [-0.2, -0.15) is 10.4 Å². The maximum absolute atomic E-state index is 11.0. The Balaban J connectivity index is 3.39. The summed E-state index contributed by atoms with van der Waals surface area (Å²) in [5.41, 5.74) is -0.0267. The van der Waals surface area contributed by atoms with Crippen LogP contribution in [-0.4, -0.2) is 18.2 Å². The molecule has 1 aromatic heterocycles. The van der Waals surface area contributed by atoms with Crippen LogP contribution in [0.1, 0.15) is 25.5 Å². The second kappa shape index (κ2) is 3.40. The van der Waals surface area contributed by atoms with Crippen molar-refractivity contribution in [3.05, 3.63) is 11.8 Å². The van der Waals surface area contributed by atoms with E-state index in [0.29, 0.717) is 0 Å². The van der Waals surface area contributed by atoms with Gasteiger partial charge in [-0.25, -0.2) is 13.6 Å². The summed E-state index contributed by atoms with van der Waals surface area (Å²) in [6.07, 6.45) is 1.37. The molecule has 76 valence electrons. The fourth-order valence-corrected chi connectivity index (χ4v) is 1.54. The van der Waals surface area contributed by atoms with Crippen LogP contribution in [0.25, 0.3) is 0 Å². The first-order chi connectivity index (χ1) is 6.36. The molecule has 1 heterocycles. The van der Waals surface area contributed by atoms with Crippen molar-refractivity contribution in [1.29, 1.82) is 5.26 Å². The average Bonchev–Trinajstić information content (AvgIpc) is 2.46. The number of sulfonamides is 1. The van der Waals surface area contributed by atoms with Gasteiger partial charge in [0.1, 0.15) is 11.6 Å². The number of hydrogen-bond acceptors (Lipinski definition) is 4. The van der Waals surface area contributed by atoms with Crippen LogP contribution in [-0.2, 0) is 10.0 Å². The van der Waals surface area contributed by atoms with E-state index in [2.05, 4.69) is 5.10 Å². The first kappa shape index (κ1) is 10.7. The summed E-state index contributed by atoms with van der Waals surface area (Å²) in [4.78, 5) is 0. The largest absolute Gasteiger partial charge is 0.268 e. The van der Waals surface area contributed by atoms with Crippen molar-refractivity contribution in [1.82, 2.24) is 9.78 Å². The van der Waals surface area contributed by atoms with Gasteiger partial charge in [-0.3, -0.25) is 4.68 Å². The van der Waals surface area contributed by atoms with E-state index < -0.39 is 10.0 Å². The van der Waals surface area contributed by atoms with E-state index in [9.17, 15) is 8.42 Å². The Hall–Kier alpha value is -1.39. The molecule has 0 unspecified atom stereocenters. The Kier molecular flexibility index (Phi) is 2.59. The highest BCUT2D eigenvalue weighted by Gasteiger charge is 2.19. The predicted octanol–water partition coefficient (Wildman–Crippen LogP) is -0.0169. The van der Waals surface area contributed by atoms with Crippen molar-refractivity contribution in [3.8, 4) is 6.07 Å². The predicted molar refractivity (Wildman–Crippen MR) is 48.7 cm³/mol. The van der Waals surface area contributed by atoms with Gasteiger partial charge in [-0.05, 0) is 13.8 Å². The molecule has 0 aromatic carbocycles. The molecule has 0 aliphatic rings. The third kappa shape index (κ3) is 1.92. The first-order valence-electron chi connectivity index (χ1n) is 3.88. The number of aromatic nitrogens is 2. The molecule has 0 saturated carbocycles. The van der Waals surface area contributed by atoms with Crippen LogP contribution in [0.4, 0.5) is 0 Å². The van der Waals surface area contributed by atoms with Gasteiger partial charge in [-0.15, -0.1) is 0 Å². The maximum atomic E-state index is 11.0. The lowest BCUT2D eigenvalue weighted by Crippen LogP contribution is -2.15. The molecule has 1 rings (SSSR count). The SMILES string of the molecule is CC(C)n1cc(C#N)c(S(N)(=O)=O)n1. The zero-order valence-corrected chi connectivity index (χ0v) is 8.61. The van der Waals surface area contributed by atoms with E-state index in [4.69, 9.17) is 10.4 Å². The van der Waals surface area contributed by atoms with Crippen molar-refractivity contribution >= 4 is 10.0 Å². The van der Waals surface area contributed by atoms with Gasteiger partial charge in [0.05, 0.1) is 0 Å². The van der Waals surface area contributed by atoms with Gasteiger partial charge in [0.2, 0.25) is 5.03 Å². The highest BCUT2D eigenvalue weighted by Crippen LogP contribution is 2.13. The van der Waals surface area contributed by atoms with Crippen molar-refractivity contribution in [2.75, 3.05) is 0 Å². The number of primary sulfonamides is 1. The lowest BCUT2D eigenvalue weighted by Gasteiger charge is -2.02. The summed E-state index contributed by atoms with van der Waals surface area (Å²) in [5, 5.41) is 16.9. The highest BCUT2D eigenvalue weighted by atomic mass is 32.2. The molecule has 0 spiro atoms. The van der Waals surface area contributed by atoms with Crippen LogP contribution < -0.4 is 5.14 Å². The van der Waals surface area contributed by atoms with E-state index in [1.54, 1.807) is 6.07 Å². The Morgan fingerprint density at radius 2 is 2.21 bits per heavy atom. The van der Waals surface area contributed by atoms with Crippen LogP contribution in [0, 0.1) is 11.3 Å². The summed E-state index contributed by atoms with van der Waals surface area (Å²) < 4.78 is 23.4. The summed E-state index contributed by atoms with van der Waals surface area (Å²) in [6.45, 7) is 3.64. The molecule has 0 atom stereocenters. The van der Waals surface area contributed by atoms with Gasteiger partial charge < -0.3 is 0 Å². The first-order valence-corrected chi connectivity index (χ1v) is 5.43. The number of nitrogens with two attached hydrogens (primary N) is 1. The number of nitriles is 1. The molecule has 0 bridgehead atoms. The molecule has 14 heavy (non-hydrogen) atoms. The summed E-state index contributed by atoms with van der Waals surface area (Å²) in [7, 11) is -3.91. The van der Waals surface area contributed by atoms with E-state index in [1.165, 1.54) is 10.9 Å². The van der Waals surface area contributed by atoms with Gasteiger partial charge in [0.15, 0.2) is 0 Å². The normalized spacial score (nSPS) is 11.6. The fourth-order valence-electron chi connectivity index (χ4n) is 0.926. The topological polar surface area (TPSA) is 102 Å². The second-order valence-electron chi connectivity index (χ2n) is 3.08.